The zero-order valence-corrected chi connectivity index (χ0v) is 31.6. The summed E-state index contributed by atoms with van der Waals surface area (Å²) in [5.41, 5.74) is 0.939. The molecule has 1 aromatic carbocycles. The van der Waals surface area contributed by atoms with Crippen molar-refractivity contribution < 1.29 is 19.1 Å². The quantitative estimate of drug-likeness (QED) is 0.0464. The van der Waals surface area contributed by atoms with E-state index in [-0.39, 0.29) is 18.5 Å². The van der Waals surface area contributed by atoms with Crippen molar-refractivity contribution in [2.24, 2.45) is 0 Å². The molecule has 1 aromatic rings. The summed E-state index contributed by atoms with van der Waals surface area (Å²) >= 11 is 0. The van der Waals surface area contributed by atoms with E-state index in [1.165, 1.54) is 25.7 Å². The van der Waals surface area contributed by atoms with Gasteiger partial charge in [0.15, 0.2) is 6.10 Å². The Kier molecular flexibility index (Phi) is 31.3. The number of allylic oxidation sites excluding steroid dienone is 12. The molecule has 0 aliphatic heterocycles. The molecule has 0 aromatic heterocycles. The maximum absolute atomic E-state index is 12.7. The number of benzene rings is 1. The molecule has 0 aliphatic carbocycles. The minimum Gasteiger partial charge on any atom is -0.462 e. The highest BCUT2D eigenvalue weighted by Crippen LogP contribution is 2.12. The molecule has 278 valence electrons. The molecule has 0 heterocycles. The molecule has 0 saturated heterocycles. The van der Waals surface area contributed by atoms with Crippen molar-refractivity contribution in [3.05, 3.63) is 103 Å². The van der Waals surface area contributed by atoms with Crippen molar-refractivity contribution in [2.45, 2.75) is 148 Å². The van der Waals surface area contributed by atoms with E-state index in [0.717, 1.165) is 95.6 Å². The molecule has 0 spiro atoms. The lowest BCUT2D eigenvalue weighted by Crippen LogP contribution is -2.31. The number of unbranched alkanes of at least 4 members (excludes halogenated alkanes) is 10. The highest BCUT2D eigenvalue weighted by molar-refractivity contribution is 5.70. The molecule has 5 nitrogen and oxygen atoms in total. The number of carbonyl (C=O) groups excluding carboxylic acids is 2. The predicted octanol–water partition coefficient (Wildman–Crippen LogP) is 12.7. The SMILES string of the molecule is CCC=CCC=CCC=CCCCCCCCC(=O)OC[C@H](CNc1ccccc1)OC(=O)CCCCCCCC=CCC=CCC=CCC. The number of hydrogen-bond donors (Lipinski definition) is 1. The van der Waals surface area contributed by atoms with E-state index in [1.807, 2.05) is 30.3 Å². The highest BCUT2D eigenvalue weighted by atomic mass is 16.6. The van der Waals surface area contributed by atoms with Crippen molar-refractivity contribution in [3.63, 3.8) is 0 Å². The van der Waals surface area contributed by atoms with Gasteiger partial charge in [-0.25, -0.2) is 0 Å². The number of nitrogens with one attached hydrogen (secondary N) is 1. The van der Waals surface area contributed by atoms with Gasteiger partial charge in [-0.2, -0.15) is 0 Å². The molecule has 0 fully saturated rings. The van der Waals surface area contributed by atoms with Crippen LogP contribution in [0.2, 0.25) is 0 Å². The highest BCUT2D eigenvalue weighted by Gasteiger charge is 2.17. The first-order chi connectivity index (χ1) is 24.7. The van der Waals surface area contributed by atoms with E-state index in [2.05, 4.69) is 92.1 Å². The number of rotatable bonds is 32. The molecule has 0 aliphatic rings. The van der Waals surface area contributed by atoms with Gasteiger partial charge in [0, 0.05) is 18.5 Å². The Morgan fingerprint density at radius 2 is 1.00 bits per heavy atom. The lowest BCUT2D eigenvalue weighted by molar-refractivity contribution is -0.158. The average Bonchev–Trinajstić information content (AvgIpc) is 3.13. The molecular weight excluding hydrogens is 618 g/mol. The van der Waals surface area contributed by atoms with Gasteiger partial charge in [-0.3, -0.25) is 9.59 Å². The fourth-order valence-corrected chi connectivity index (χ4v) is 5.20. The molecule has 0 amide bonds. The van der Waals surface area contributed by atoms with Gasteiger partial charge in [0.05, 0.1) is 6.54 Å². The summed E-state index contributed by atoms with van der Waals surface area (Å²) < 4.78 is 11.3. The zero-order valence-electron chi connectivity index (χ0n) is 31.6. The van der Waals surface area contributed by atoms with Crippen LogP contribution >= 0.6 is 0 Å². The first kappa shape index (κ1) is 44.4. The van der Waals surface area contributed by atoms with E-state index in [1.54, 1.807) is 0 Å². The van der Waals surface area contributed by atoms with Crippen LogP contribution < -0.4 is 5.32 Å². The Labute approximate surface area is 306 Å². The summed E-state index contributed by atoms with van der Waals surface area (Å²) in [5, 5.41) is 3.30. The maximum Gasteiger partial charge on any atom is 0.306 e. The summed E-state index contributed by atoms with van der Waals surface area (Å²) in [7, 11) is 0. The van der Waals surface area contributed by atoms with Crippen LogP contribution in [0.5, 0.6) is 0 Å². The Bertz CT molecular complexity index is 1120. The zero-order chi connectivity index (χ0) is 36.0. The molecule has 50 heavy (non-hydrogen) atoms. The largest absolute Gasteiger partial charge is 0.462 e. The van der Waals surface area contributed by atoms with Gasteiger partial charge in [-0.15, -0.1) is 0 Å². The van der Waals surface area contributed by atoms with Gasteiger partial charge >= 0.3 is 11.9 Å². The van der Waals surface area contributed by atoms with Crippen molar-refractivity contribution >= 4 is 17.6 Å². The van der Waals surface area contributed by atoms with Crippen molar-refractivity contribution in [2.75, 3.05) is 18.5 Å². The third-order valence-electron chi connectivity index (χ3n) is 8.10. The van der Waals surface area contributed by atoms with Crippen LogP contribution in [0.25, 0.3) is 0 Å². The van der Waals surface area contributed by atoms with Crippen LogP contribution in [0.3, 0.4) is 0 Å². The number of ether oxygens (including phenoxy) is 2. The minimum atomic E-state index is -0.525. The summed E-state index contributed by atoms with van der Waals surface area (Å²) in [6.45, 7) is 4.77. The summed E-state index contributed by atoms with van der Waals surface area (Å²) in [6, 6.07) is 9.80. The number of carbonyl (C=O) groups is 2. The summed E-state index contributed by atoms with van der Waals surface area (Å²) in [4.78, 5) is 25.1. The monoisotopic (exact) mass is 688 g/mol. The van der Waals surface area contributed by atoms with Gasteiger partial charge in [-0.1, -0.05) is 143 Å². The Morgan fingerprint density at radius 3 is 1.52 bits per heavy atom. The third-order valence-corrected chi connectivity index (χ3v) is 8.10. The van der Waals surface area contributed by atoms with Crippen molar-refractivity contribution in [3.8, 4) is 0 Å². The fraction of sp³-hybridized carbons (Fsp3) is 0.556. The number of hydrogen-bond acceptors (Lipinski definition) is 5. The molecule has 0 bridgehead atoms. The lowest BCUT2D eigenvalue weighted by Gasteiger charge is -2.19. The lowest BCUT2D eigenvalue weighted by atomic mass is 10.1. The normalized spacial score (nSPS) is 12.8. The van der Waals surface area contributed by atoms with E-state index < -0.39 is 6.10 Å². The predicted molar refractivity (Wildman–Crippen MR) is 214 cm³/mol. The Hall–Kier alpha value is -3.60. The smallest absolute Gasteiger partial charge is 0.306 e. The van der Waals surface area contributed by atoms with Gasteiger partial charge in [0.25, 0.3) is 0 Å². The summed E-state index contributed by atoms with van der Waals surface area (Å²) in [6.07, 6.45) is 46.0. The standard InChI is InChI=1S/C45H69NO4/c1-3-5-7-9-11-13-15-17-19-21-23-25-27-29-34-38-44(47)49-41-43(40-46-42-36-32-31-33-37-42)50-45(48)39-35-30-28-26-24-22-20-18-16-14-12-10-8-6-4-2/h5-8,11-14,17-20,31-33,36-37,43,46H,3-4,9-10,15-16,21-30,34-35,38-41H2,1-2H3/t43-/m0/s1. The first-order valence-corrected chi connectivity index (χ1v) is 19.7. The van der Waals surface area contributed by atoms with Gasteiger partial charge in [0.1, 0.15) is 6.61 Å². The van der Waals surface area contributed by atoms with Gasteiger partial charge in [-0.05, 0) is 89.2 Å². The molecule has 0 radical (unpaired) electrons. The van der Waals surface area contributed by atoms with Crippen molar-refractivity contribution in [1.82, 2.24) is 0 Å². The first-order valence-electron chi connectivity index (χ1n) is 19.7. The molecule has 0 saturated carbocycles. The van der Waals surface area contributed by atoms with E-state index in [9.17, 15) is 9.59 Å². The molecular formula is C45H69NO4. The van der Waals surface area contributed by atoms with E-state index in [4.69, 9.17) is 9.47 Å². The van der Waals surface area contributed by atoms with Gasteiger partial charge in [0.2, 0.25) is 0 Å². The topological polar surface area (TPSA) is 64.6 Å². The third kappa shape index (κ3) is 30.5. The van der Waals surface area contributed by atoms with Gasteiger partial charge < -0.3 is 14.8 Å². The minimum absolute atomic E-state index is 0.0700. The molecule has 1 N–H and O–H groups in total. The van der Waals surface area contributed by atoms with E-state index >= 15 is 0 Å². The maximum atomic E-state index is 12.7. The van der Waals surface area contributed by atoms with Crippen molar-refractivity contribution in [1.29, 1.82) is 0 Å². The van der Waals surface area contributed by atoms with Crippen LogP contribution in [0, 0.1) is 0 Å². The number of anilines is 1. The average molecular weight is 688 g/mol. The van der Waals surface area contributed by atoms with Crippen LogP contribution in [0.4, 0.5) is 5.69 Å². The molecule has 0 unspecified atom stereocenters. The van der Waals surface area contributed by atoms with Crippen LogP contribution in [0.15, 0.2) is 103 Å². The second-order valence-corrected chi connectivity index (χ2v) is 12.7. The molecule has 1 atom stereocenters. The molecule has 5 heteroatoms. The molecule has 1 rings (SSSR count). The van der Waals surface area contributed by atoms with Crippen LogP contribution in [-0.2, 0) is 19.1 Å². The second-order valence-electron chi connectivity index (χ2n) is 12.7. The Morgan fingerprint density at radius 1 is 0.560 bits per heavy atom. The summed E-state index contributed by atoms with van der Waals surface area (Å²) in [5.74, 6) is -0.452. The van der Waals surface area contributed by atoms with E-state index in [0.29, 0.717) is 19.4 Å². The Balaban J connectivity index is 2.20. The van der Waals surface area contributed by atoms with Crippen LogP contribution in [-0.4, -0.2) is 31.2 Å². The number of esters is 2. The number of para-hydroxylation sites is 1. The second kappa shape index (κ2) is 35.2. The fourth-order valence-electron chi connectivity index (χ4n) is 5.20. The van der Waals surface area contributed by atoms with Crippen LogP contribution in [0.1, 0.15) is 142 Å².